The van der Waals surface area contributed by atoms with Crippen molar-refractivity contribution >= 4 is 29.7 Å². The molecule has 1 aliphatic carbocycles. The van der Waals surface area contributed by atoms with Gasteiger partial charge in [0.05, 0.1) is 12.6 Å². The third-order valence-corrected chi connectivity index (χ3v) is 7.74. The molecule has 12 nitrogen and oxygen atoms in total. The summed E-state index contributed by atoms with van der Waals surface area (Å²) in [6.45, 7) is 13.8. The number of Topliss-reactive ketones (excluding diaryl/α,β-unsaturated/α-hetero) is 1. The summed E-state index contributed by atoms with van der Waals surface area (Å²) < 4.78 is 5.18. The Kier molecular flexibility index (Phi) is 12.1. The fraction of sp³-hybridized carbons (Fsp3) is 0.750. The zero-order valence-corrected chi connectivity index (χ0v) is 24.3. The van der Waals surface area contributed by atoms with Gasteiger partial charge in [-0.25, -0.2) is 4.79 Å². The van der Waals surface area contributed by atoms with Crippen LogP contribution in [-0.4, -0.2) is 88.8 Å². The van der Waals surface area contributed by atoms with Crippen LogP contribution in [0, 0.1) is 23.2 Å². The second-order valence-electron chi connectivity index (χ2n) is 11.7. The molecule has 40 heavy (non-hydrogen) atoms. The summed E-state index contributed by atoms with van der Waals surface area (Å²) in [5.41, 5.74) is -0.198. The van der Waals surface area contributed by atoms with Gasteiger partial charge in [-0.1, -0.05) is 47.1 Å². The maximum Gasteiger partial charge on any atom is 0.407 e. The molecule has 12 heteroatoms. The van der Waals surface area contributed by atoms with Crippen molar-refractivity contribution in [1.82, 2.24) is 20.9 Å². The maximum absolute atomic E-state index is 13.8. The molecule has 0 aromatic heterocycles. The predicted octanol–water partition coefficient (Wildman–Crippen LogP) is 1.42. The van der Waals surface area contributed by atoms with Gasteiger partial charge in [0.1, 0.15) is 12.1 Å². The van der Waals surface area contributed by atoms with Crippen molar-refractivity contribution in [2.75, 3.05) is 19.7 Å². The zero-order valence-electron chi connectivity index (χ0n) is 24.3. The van der Waals surface area contributed by atoms with E-state index in [1.807, 2.05) is 34.6 Å². The van der Waals surface area contributed by atoms with E-state index in [0.29, 0.717) is 19.4 Å². The van der Waals surface area contributed by atoms with Gasteiger partial charge < -0.3 is 30.5 Å². The molecule has 6 unspecified atom stereocenters. The fourth-order valence-electron chi connectivity index (χ4n) is 5.47. The van der Waals surface area contributed by atoms with E-state index in [1.165, 1.54) is 11.0 Å². The first-order valence-electron chi connectivity index (χ1n) is 14.1. The SMILES string of the molecule is C=CCNC(O)C(=O)C(CCC)NC(=O)C1C2C(CN1C(=O)C(CCCC(=O)O)NC(=O)OCC(C)C)C2(C)C. The smallest absolute Gasteiger partial charge is 0.407 e. The van der Waals surface area contributed by atoms with Crippen LogP contribution in [0.5, 0.6) is 0 Å². The monoisotopic (exact) mass is 566 g/mol. The van der Waals surface area contributed by atoms with Gasteiger partial charge >= 0.3 is 12.1 Å². The van der Waals surface area contributed by atoms with E-state index < -0.39 is 54.0 Å². The second-order valence-corrected chi connectivity index (χ2v) is 11.7. The van der Waals surface area contributed by atoms with Gasteiger partial charge in [-0.2, -0.15) is 0 Å². The zero-order chi connectivity index (χ0) is 30.2. The van der Waals surface area contributed by atoms with Crippen LogP contribution in [0.3, 0.4) is 0 Å². The molecule has 0 radical (unpaired) electrons. The molecule has 1 saturated heterocycles. The highest BCUT2D eigenvalue weighted by atomic mass is 16.5. The van der Waals surface area contributed by atoms with Crippen molar-refractivity contribution in [3.63, 3.8) is 0 Å². The molecule has 2 fully saturated rings. The molecule has 1 aliphatic heterocycles. The number of ketones is 1. The van der Waals surface area contributed by atoms with Crippen molar-refractivity contribution in [1.29, 1.82) is 0 Å². The number of fused-ring (bicyclic) bond motifs is 1. The average molecular weight is 567 g/mol. The van der Waals surface area contributed by atoms with Crippen LogP contribution >= 0.6 is 0 Å². The number of piperidine rings is 1. The summed E-state index contributed by atoms with van der Waals surface area (Å²) in [7, 11) is 0. The van der Waals surface area contributed by atoms with Gasteiger partial charge in [0.25, 0.3) is 0 Å². The van der Waals surface area contributed by atoms with E-state index >= 15 is 0 Å². The Morgan fingerprint density at radius 1 is 1.12 bits per heavy atom. The van der Waals surface area contributed by atoms with Crippen molar-refractivity contribution in [2.24, 2.45) is 23.2 Å². The highest BCUT2D eigenvalue weighted by Gasteiger charge is 2.69. The Bertz CT molecular complexity index is 953. The maximum atomic E-state index is 13.8. The Labute approximate surface area is 236 Å². The topological polar surface area (TPSA) is 174 Å². The van der Waals surface area contributed by atoms with Crippen LogP contribution < -0.4 is 16.0 Å². The van der Waals surface area contributed by atoms with Gasteiger partial charge in [0.15, 0.2) is 12.0 Å². The molecule has 1 heterocycles. The molecule has 3 amide bonds. The molecule has 226 valence electrons. The van der Waals surface area contributed by atoms with Gasteiger partial charge in [0, 0.05) is 19.5 Å². The number of nitrogens with zero attached hydrogens (tertiary/aromatic N) is 1. The minimum atomic E-state index is -1.49. The Morgan fingerprint density at radius 3 is 2.38 bits per heavy atom. The number of amides is 3. The highest BCUT2D eigenvalue weighted by molar-refractivity contribution is 5.96. The van der Waals surface area contributed by atoms with Crippen LogP contribution in [0.1, 0.15) is 66.7 Å². The lowest BCUT2D eigenvalue weighted by atomic mass is 9.98. The number of carbonyl (C=O) groups is 5. The third-order valence-electron chi connectivity index (χ3n) is 7.74. The van der Waals surface area contributed by atoms with Crippen LogP contribution in [0.4, 0.5) is 4.79 Å². The molecule has 0 spiro atoms. The van der Waals surface area contributed by atoms with E-state index in [1.54, 1.807) is 0 Å². The van der Waals surface area contributed by atoms with Gasteiger partial charge in [-0.05, 0) is 42.4 Å². The summed E-state index contributed by atoms with van der Waals surface area (Å²) in [6.07, 6.45) is 0.119. The first kappa shape index (κ1) is 33.2. The largest absolute Gasteiger partial charge is 0.481 e. The summed E-state index contributed by atoms with van der Waals surface area (Å²) in [5.74, 6) is -2.61. The first-order valence-corrected chi connectivity index (χ1v) is 14.1. The number of hydrogen-bond donors (Lipinski definition) is 5. The van der Waals surface area contributed by atoms with Gasteiger partial charge in [-0.3, -0.25) is 24.5 Å². The molecular weight excluding hydrogens is 520 g/mol. The second kappa shape index (κ2) is 14.6. The Hall–Kier alpha value is -2.99. The molecule has 5 N–H and O–H groups in total. The van der Waals surface area contributed by atoms with E-state index in [4.69, 9.17) is 9.84 Å². The van der Waals surface area contributed by atoms with E-state index in [-0.39, 0.29) is 55.6 Å². The number of carbonyl (C=O) groups excluding carboxylic acids is 4. The van der Waals surface area contributed by atoms with Crippen LogP contribution in [-0.2, 0) is 23.9 Å². The summed E-state index contributed by atoms with van der Waals surface area (Å²) >= 11 is 0. The summed E-state index contributed by atoms with van der Waals surface area (Å²) in [6, 6.07) is -2.92. The summed E-state index contributed by atoms with van der Waals surface area (Å²) in [5, 5.41) is 27.3. The number of nitrogens with one attached hydrogen (secondary N) is 3. The predicted molar refractivity (Wildman–Crippen MR) is 147 cm³/mol. The number of carboxylic acid groups (broad SMARTS) is 1. The van der Waals surface area contributed by atoms with Crippen molar-refractivity contribution in [3.05, 3.63) is 12.7 Å². The number of aliphatic hydroxyl groups excluding tert-OH is 1. The van der Waals surface area contributed by atoms with Crippen LogP contribution in [0.25, 0.3) is 0 Å². The lowest BCUT2D eigenvalue weighted by Gasteiger charge is -2.34. The fourth-order valence-corrected chi connectivity index (χ4v) is 5.47. The minimum Gasteiger partial charge on any atom is -0.481 e. The number of hydrogen-bond acceptors (Lipinski definition) is 8. The number of alkyl carbamates (subject to hydrolysis) is 1. The third kappa shape index (κ3) is 8.50. The Morgan fingerprint density at radius 2 is 1.80 bits per heavy atom. The lowest BCUT2D eigenvalue weighted by molar-refractivity contribution is -0.143. The number of rotatable bonds is 17. The normalized spacial score (nSPS) is 23.0. The molecule has 1 saturated carbocycles. The number of ether oxygens (including phenoxy) is 1. The molecule has 0 aromatic rings. The number of likely N-dealkylation sites (tertiary alicyclic amines) is 1. The van der Waals surface area contributed by atoms with Gasteiger partial charge in [-0.15, -0.1) is 6.58 Å². The molecule has 0 bridgehead atoms. The standard InChI is InChI=1S/C28H46N4O8/c1-7-10-18(23(35)25(37)29-13-8-2)30-24(36)22-21-17(28(21,5)6)14-32(22)26(38)19(11-9-12-20(33)34)31-27(39)40-15-16(3)4/h8,16-19,21-22,25,29,37H,2,7,9-15H2,1,3-6H3,(H,30,36)(H,31,39)(H,33,34). The van der Waals surface area contributed by atoms with Crippen LogP contribution in [0.2, 0.25) is 0 Å². The van der Waals surface area contributed by atoms with Crippen molar-refractivity contribution < 1.29 is 38.9 Å². The molecule has 6 atom stereocenters. The molecule has 2 rings (SSSR count). The molecular formula is C28H46N4O8. The molecule has 2 aliphatic rings. The lowest BCUT2D eigenvalue weighted by Crippen LogP contribution is -2.58. The number of aliphatic carboxylic acids is 1. The average Bonchev–Trinajstić information content (AvgIpc) is 3.21. The first-order chi connectivity index (χ1) is 18.8. The highest BCUT2D eigenvalue weighted by Crippen LogP contribution is 2.64. The minimum absolute atomic E-state index is 0.0555. The molecule has 0 aromatic carbocycles. The van der Waals surface area contributed by atoms with Crippen LogP contribution in [0.15, 0.2) is 12.7 Å². The van der Waals surface area contributed by atoms with Crippen molar-refractivity contribution in [3.8, 4) is 0 Å². The quantitative estimate of drug-likeness (QED) is 0.129. The van der Waals surface area contributed by atoms with E-state index in [0.717, 1.165) is 0 Å². The Balaban J connectivity index is 2.24. The van der Waals surface area contributed by atoms with E-state index in [9.17, 15) is 29.1 Å². The van der Waals surface area contributed by atoms with E-state index in [2.05, 4.69) is 22.5 Å². The number of carboxylic acids is 1. The number of aliphatic hydroxyl groups is 1. The summed E-state index contributed by atoms with van der Waals surface area (Å²) in [4.78, 5) is 65.2. The van der Waals surface area contributed by atoms with Crippen molar-refractivity contribution in [2.45, 2.75) is 91.1 Å². The van der Waals surface area contributed by atoms with Gasteiger partial charge in [0.2, 0.25) is 11.8 Å².